The van der Waals surface area contributed by atoms with Gasteiger partial charge in [-0.3, -0.25) is 4.79 Å². The number of carbonyl (C=O) groups is 1. The fourth-order valence-electron chi connectivity index (χ4n) is 2.09. The van der Waals surface area contributed by atoms with Crippen molar-refractivity contribution >= 4 is 11.7 Å². The zero-order valence-electron chi connectivity index (χ0n) is 13.9. The molecule has 1 atom stereocenters. The fraction of sp³-hybridized carbons (Fsp3) is 0.467. The second-order valence-corrected chi connectivity index (χ2v) is 5.37. The largest absolute Gasteiger partial charge is 0.383 e. The number of aromatic nitrogens is 4. The van der Waals surface area contributed by atoms with Crippen molar-refractivity contribution in [3.8, 4) is 0 Å². The predicted molar refractivity (Wildman–Crippen MR) is 86.3 cm³/mol. The molecular weight excluding hydrogens is 296 g/mol. The van der Waals surface area contributed by atoms with Gasteiger partial charge in [-0.25, -0.2) is 4.98 Å². The van der Waals surface area contributed by atoms with Gasteiger partial charge in [0.05, 0.1) is 18.2 Å². The molecule has 1 amide bonds. The Labute approximate surface area is 135 Å². The third-order valence-corrected chi connectivity index (χ3v) is 3.38. The molecule has 2 rings (SSSR count). The maximum Gasteiger partial charge on any atom is 0.253 e. The van der Waals surface area contributed by atoms with Crippen molar-refractivity contribution in [2.75, 3.05) is 32.7 Å². The summed E-state index contributed by atoms with van der Waals surface area (Å²) in [6.45, 7) is 3.06. The van der Waals surface area contributed by atoms with Gasteiger partial charge in [-0.05, 0) is 19.1 Å². The van der Waals surface area contributed by atoms with Gasteiger partial charge in [0.15, 0.2) is 5.82 Å². The van der Waals surface area contributed by atoms with Crippen LogP contribution < -0.4 is 10.2 Å². The summed E-state index contributed by atoms with van der Waals surface area (Å²) in [5, 5.41) is 10.9. The Morgan fingerprint density at radius 2 is 2.22 bits per heavy atom. The van der Waals surface area contributed by atoms with Crippen molar-refractivity contribution in [3.63, 3.8) is 0 Å². The van der Waals surface area contributed by atoms with Crippen LogP contribution in [-0.4, -0.2) is 53.5 Å². The molecule has 2 aromatic heterocycles. The van der Waals surface area contributed by atoms with Gasteiger partial charge in [-0.1, -0.05) is 0 Å². The Hall–Kier alpha value is -2.48. The van der Waals surface area contributed by atoms with Crippen LogP contribution in [0.2, 0.25) is 0 Å². The van der Waals surface area contributed by atoms with Crippen molar-refractivity contribution in [1.29, 1.82) is 0 Å². The smallest absolute Gasteiger partial charge is 0.253 e. The highest BCUT2D eigenvalue weighted by molar-refractivity contribution is 5.94. The van der Waals surface area contributed by atoms with Gasteiger partial charge in [-0.2, -0.15) is 0 Å². The first-order valence-corrected chi connectivity index (χ1v) is 7.33. The van der Waals surface area contributed by atoms with Gasteiger partial charge in [-0.15, -0.1) is 10.2 Å². The van der Waals surface area contributed by atoms with E-state index in [0.29, 0.717) is 24.5 Å². The van der Waals surface area contributed by atoms with E-state index in [9.17, 15) is 4.79 Å². The Morgan fingerprint density at radius 1 is 1.43 bits per heavy atom. The van der Waals surface area contributed by atoms with Crippen LogP contribution >= 0.6 is 0 Å². The SMILES string of the molecule is COCCn1cnnc1C(C)NC(=O)c1ccc(N(C)C)nc1. The average molecular weight is 318 g/mol. The molecule has 0 saturated carbocycles. The first-order chi connectivity index (χ1) is 11.0. The van der Waals surface area contributed by atoms with Crippen LogP contribution in [0, 0.1) is 0 Å². The maximum absolute atomic E-state index is 12.3. The van der Waals surface area contributed by atoms with Crippen molar-refractivity contribution < 1.29 is 9.53 Å². The Bertz CT molecular complexity index is 638. The van der Waals surface area contributed by atoms with Crippen LogP contribution in [0.3, 0.4) is 0 Å². The zero-order chi connectivity index (χ0) is 16.8. The van der Waals surface area contributed by atoms with Crippen LogP contribution in [0.5, 0.6) is 0 Å². The molecule has 0 aliphatic heterocycles. The molecule has 2 aromatic rings. The van der Waals surface area contributed by atoms with Crippen molar-refractivity contribution in [1.82, 2.24) is 25.1 Å². The minimum Gasteiger partial charge on any atom is -0.383 e. The van der Waals surface area contributed by atoms with E-state index in [1.165, 1.54) is 0 Å². The highest BCUT2D eigenvalue weighted by atomic mass is 16.5. The van der Waals surface area contributed by atoms with Crippen LogP contribution in [0.1, 0.15) is 29.1 Å². The Kier molecular flexibility index (Phi) is 5.64. The van der Waals surface area contributed by atoms with Gasteiger partial charge >= 0.3 is 0 Å². The number of amides is 1. The molecule has 2 heterocycles. The number of ether oxygens (including phenoxy) is 1. The molecule has 8 nitrogen and oxygen atoms in total. The van der Waals surface area contributed by atoms with Crippen LogP contribution in [0.4, 0.5) is 5.82 Å². The Morgan fingerprint density at radius 3 is 2.83 bits per heavy atom. The molecule has 0 radical (unpaired) electrons. The van der Waals surface area contributed by atoms with Crippen LogP contribution in [0.25, 0.3) is 0 Å². The number of anilines is 1. The lowest BCUT2D eigenvalue weighted by Crippen LogP contribution is -2.29. The van der Waals surface area contributed by atoms with E-state index in [1.54, 1.807) is 31.8 Å². The molecule has 0 fully saturated rings. The number of pyridine rings is 1. The average Bonchev–Trinajstić information content (AvgIpc) is 3.01. The lowest BCUT2D eigenvalue weighted by Gasteiger charge is -2.15. The van der Waals surface area contributed by atoms with Crippen molar-refractivity contribution in [2.45, 2.75) is 19.5 Å². The van der Waals surface area contributed by atoms with Crippen LogP contribution in [0.15, 0.2) is 24.7 Å². The molecule has 124 valence electrons. The minimum absolute atomic E-state index is 0.198. The van der Waals surface area contributed by atoms with Gasteiger partial charge < -0.3 is 19.5 Å². The van der Waals surface area contributed by atoms with E-state index < -0.39 is 0 Å². The minimum atomic E-state index is -0.268. The monoisotopic (exact) mass is 318 g/mol. The van der Waals surface area contributed by atoms with Gasteiger partial charge in [0.1, 0.15) is 12.1 Å². The number of hydrogen-bond acceptors (Lipinski definition) is 6. The number of hydrogen-bond donors (Lipinski definition) is 1. The molecule has 0 aromatic carbocycles. The van der Waals surface area contributed by atoms with Gasteiger partial charge in [0, 0.05) is 33.9 Å². The molecule has 1 unspecified atom stereocenters. The molecule has 0 bridgehead atoms. The third kappa shape index (κ3) is 4.26. The fourth-order valence-corrected chi connectivity index (χ4v) is 2.09. The van der Waals surface area contributed by atoms with E-state index >= 15 is 0 Å². The van der Waals surface area contributed by atoms with Crippen molar-refractivity contribution in [2.24, 2.45) is 0 Å². The second kappa shape index (κ2) is 7.68. The molecule has 0 spiro atoms. The predicted octanol–water partition coefficient (Wildman–Crippen LogP) is 0.876. The third-order valence-electron chi connectivity index (χ3n) is 3.38. The lowest BCUT2D eigenvalue weighted by atomic mass is 10.2. The van der Waals surface area contributed by atoms with E-state index in [-0.39, 0.29) is 11.9 Å². The first kappa shape index (κ1) is 16.9. The molecule has 1 N–H and O–H groups in total. The summed E-state index contributed by atoms with van der Waals surface area (Å²) >= 11 is 0. The number of nitrogens with one attached hydrogen (secondary N) is 1. The number of methoxy groups -OCH3 is 1. The highest BCUT2D eigenvalue weighted by Gasteiger charge is 2.17. The molecular formula is C15H22N6O2. The summed E-state index contributed by atoms with van der Waals surface area (Å²) in [4.78, 5) is 18.4. The van der Waals surface area contributed by atoms with E-state index in [1.807, 2.05) is 30.5 Å². The van der Waals surface area contributed by atoms with Gasteiger partial charge in [0.25, 0.3) is 5.91 Å². The van der Waals surface area contributed by atoms with E-state index in [0.717, 1.165) is 5.82 Å². The van der Waals surface area contributed by atoms with Gasteiger partial charge in [0.2, 0.25) is 0 Å². The molecule has 0 aliphatic carbocycles. The summed E-state index contributed by atoms with van der Waals surface area (Å²) in [5.41, 5.74) is 0.505. The lowest BCUT2D eigenvalue weighted by molar-refractivity contribution is 0.0937. The summed E-state index contributed by atoms with van der Waals surface area (Å²) in [6, 6.07) is 3.29. The van der Waals surface area contributed by atoms with E-state index in [2.05, 4.69) is 20.5 Å². The van der Waals surface area contributed by atoms with Crippen molar-refractivity contribution in [3.05, 3.63) is 36.0 Å². The molecule has 23 heavy (non-hydrogen) atoms. The molecule has 8 heteroatoms. The number of nitrogens with zero attached hydrogens (tertiary/aromatic N) is 5. The second-order valence-electron chi connectivity index (χ2n) is 5.37. The number of carbonyl (C=O) groups excluding carboxylic acids is 1. The van der Waals surface area contributed by atoms with E-state index in [4.69, 9.17) is 4.74 Å². The normalized spacial score (nSPS) is 12.0. The summed E-state index contributed by atoms with van der Waals surface area (Å²) in [6.07, 6.45) is 3.19. The molecule has 0 saturated heterocycles. The topological polar surface area (TPSA) is 85.2 Å². The summed E-state index contributed by atoms with van der Waals surface area (Å²) in [7, 11) is 5.44. The maximum atomic E-state index is 12.3. The Balaban J connectivity index is 2.03. The van der Waals surface area contributed by atoms with Crippen LogP contribution in [-0.2, 0) is 11.3 Å². The summed E-state index contributed by atoms with van der Waals surface area (Å²) in [5.74, 6) is 1.29. The zero-order valence-corrected chi connectivity index (χ0v) is 13.9. The highest BCUT2D eigenvalue weighted by Crippen LogP contribution is 2.12. The quantitative estimate of drug-likeness (QED) is 0.815. The number of rotatable bonds is 7. The molecule has 0 aliphatic rings. The standard InChI is InChI=1S/C15H22N6O2/c1-11(14-19-17-10-21(14)7-8-23-4)18-15(22)12-5-6-13(16-9-12)20(2)3/h5-6,9-11H,7-8H2,1-4H3,(H,18,22). The summed E-state index contributed by atoms with van der Waals surface area (Å²) < 4.78 is 6.92. The first-order valence-electron chi connectivity index (χ1n) is 7.33.